The Morgan fingerprint density at radius 1 is 0.111 bits per heavy atom. The van der Waals surface area contributed by atoms with Gasteiger partial charge in [-0.05, 0) is 5.92 Å². The molecule has 0 bridgehead atoms. The molecule has 0 aliphatic heterocycles. The van der Waals surface area contributed by atoms with E-state index in [0.717, 1.165) is 5.92 Å². The molecular weight excluding hydrogens is 1080 g/mol. The Morgan fingerprint density at radius 2 is 0.189 bits per heavy atom. The predicted octanol–water partition coefficient (Wildman–Crippen LogP) is 35.0. The van der Waals surface area contributed by atoms with E-state index in [1.165, 1.54) is 546 Å². The molecule has 0 spiro atoms. The van der Waals surface area contributed by atoms with Crippen LogP contribution in [0.1, 0.15) is 572 Å². The lowest BCUT2D eigenvalue weighted by molar-refractivity contribution is 0.505. The van der Waals surface area contributed by atoms with E-state index in [2.05, 4.69) is 6.92 Å². The van der Waals surface area contributed by atoms with Gasteiger partial charge < -0.3 is 0 Å². The monoisotopic (exact) mass is 1260 g/mol. The van der Waals surface area contributed by atoms with Crippen LogP contribution in [0.15, 0.2) is 0 Å². The first-order valence-electron chi connectivity index (χ1n) is 44.9. The third kappa shape index (κ3) is 82.2. The number of hydrogen-bond acceptors (Lipinski definition) is 0. The summed E-state index contributed by atoms with van der Waals surface area (Å²) in [6.45, 7) is 2.32. The summed E-state index contributed by atoms with van der Waals surface area (Å²) in [5, 5.41) is 0. The molecule has 1 aliphatic rings. The molecule has 0 saturated heterocycles. The summed E-state index contributed by atoms with van der Waals surface area (Å²) in [6.07, 6.45) is 132. The Hall–Kier alpha value is 0. The van der Waals surface area contributed by atoms with E-state index in [9.17, 15) is 0 Å². The van der Waals surface area contributed by atoms with Crippen LogP contribution < -0.4 is 0 Å². The smallest absolute Gasteiger partial charge is 0.0414 e. The molecule has 0 amide bonds. The van der Waals surface area contributed by atoms with Crippen molar-refractivity contribution in [2.24, 2.45) is 5.92 Å². The molecule has 1 saturated carbocycles. The molecule has 0 N–H and O–H groups in total. The standard InChI is InChI=1S/C90H180/c1-2-3-4-5-6-7-8-9-10-11-12-13-14-15-16-17-18-19-20-21-22-23-24-25-26-27-28-29-30-31-32-33-34-35-36-37-38-39-40-41-42-43-44-45-46-47-48-49-50-51-52-53-54-55-56-57-58-59-60-61-62-63-64-65-66-67-68-69-70-71-72-73-74-75-76-77-78-79-80-81-82-83-84-85-86-87-90-88-89-90/h90H,2-89H2,1H3. The largest absolute Gasteiger partial charge is 0.0654 e. The molecule has 90 heavy (non-hydrogen) atoms. The molecule has 0 nitrogen and oxygen atoms in total. The molecule has 0 radical (unpaired) electrons. The molecule has 0 aromatic carbocycles. The lowest BCUT2D eigenvalue weighted by atomic mass is 10.0. The normalized spacial score (nSPS) is 12.6. The summed E-state index contributed by atoms with van der Waals surface area (Å²) < 4.78 is 0. The molecule has 0 unspecified atom stereocenters. The fourth-order valence-electron chi connectivity index (χ4n) is 15.6. The van der Waals surface area contributed by atoms with Crippen LogP contribution in [0.25, 0.3) is 0 Å². The summed E-state index contributed by atoms with van der Waals surface area (Å²) in [6, 6.07) is 0. The van der Waals surface area contributed by atoms with Crippen LogP contribution in [0.4, 0.5) is 0 Å². The van der Waals surface area contributed by atoms with Gasteiger partial charge in [-0.3, -0.25) is 0 Å². The minimum absolute atomic E-state index is 1.14. The summed E-state index contributed by atoms with van der Waals surface area (Å²) in [5.41, 5.74) is 0. The Balaban J connectivity index is 1.57. The first-order valence-corrected chi connectivity index (χ1v) is 44.9. The fourth-order valence-corrected chi connectivity index (χ4v) is 15.6. The lowest BCUT2D eigenvalue weighted by Crippen LogP contribution is -1.85. The van der Waals surface area contributed by atoms with Gasteiger partial charge in [0.25, 0.3) is 0 Å². The molecule has 1 fully saturated rings. The Morgan fingerprint density at radius 3 is 0.267 bits per heavy atom. The third-order valence-corrected chi connectivity index (χ3v) is 22.4. The molecule has 0 heteroatoms. The van der Waals surface area contributed by atoms with Crippen LogP contribution in [-0.4, -0.2) is 0 Å². The summed E-state index contributed by atoms with van der Waals surface area (Å²) in [4.78, 5) is 0. The van der Waals surface area contributed by atoms with Crippen LogP contribution in [0.2, 0.25) is 0 Å². The molecule has 0 atom stereocenters. The molecule has 0 aromatic heterocycles. The molecule has 0 aromatic rings. The van der Waals surface area contributed by atoms with Crippen LogP contribution in [0.5, 0.6) is 0 Å². The first kappa shape index (κ1) is 88.0. The van der Waals surface area contributed by atoms with Crippen molar-refractivity contribution < 1.29 is 0 Å². The maximum atomic E-state index is 2.32. The van der Waals surface area contributed by atoms with Crippen molar-refractivity contribution in [2.45, 2.75) is 572 Å². The van der Waals surface area contributed by atoms with Gasteiger partial charge in [0.1, 0.15) is 0 Å². The van der Waals surface area contributed by atoms with Crippen molar-refractivity contribution in [2.75, 3.05) is 0 Å². The van der Waals surface area contributed by atoms with Gasteiger partial charge in [-0.25, -0.2) is 0 Å². The SMILES string of the molecule is CCCCCCCCCCCCCCCCCCCCCCCCCCCCCCCCCCCCCCCCCCCCCCCCCCCCCCCCCCCCCCCCCCCCCCCCCCCCCCCCCCCCCCCC1CC1. The zero-order chi connectivity index (χ0) is 63.8. The second kappa shape index (κ2) is 83.2. The molecule has 1 rings (SSSR count). The first-order chi connectivity index (χ1) is 44.9. The predicted molar refractivity (Wildman–Crippen MR) is 415 cm³/mol. The zero-order valence-electron chi connectivity index (χ0n) is 63.8. The van der Waals surface area contributed by atoms with Crippen molar-refractivity contribution >= 4 is 0 Å². The highest BCUT2D eigenvalue weighted by Gasteiger charge is 2.19. The van der Waals surface area contributed by atoms with E-state index in [4.69, 9.17) is 0 Å². The average Bonchev–Trinajstić information content (AvgIpc) is 4.52. The van der Waals surface area contributed by atoms with E-state index in [-0.39, 0.29) is 0 Å². The van der Waals surface area contributed by atoms with Gasteiger partial charge in [-0.15, -0.1) is 0 Å². The number of rotatable bonds is 86. The average molecular weight is 1260 g/mol. The molecule has 1 aliphatic carbocycles. The quantitative estimate of drug-likeness (QED) is 0.0533. The minimum atomic E-state index is 1.14. The van der Waals surface area contributed by atoms with Gasteiger partial charge in [0, 0.05) is 0 Å². The van der Waals surface area contributed by atoms with E-state index >= 15 is 0 Å². The highest BCUT2D eigenvalue weighted by molar-refractivity contribution is 4.72. The van der Waals surface area contributed by atoms with Crippen molar-refractivity contribution in [3.05, 3.63) is 0 Å². The number of hydrogen-bond donors (Lipinski definition) is 0. The highest BCUT2D eigenvalue weighted by atomic mass is 14.3. The summed E-state index contributed by atoms with van der Waals surface area (Å²) >= 11 is 0. The molecular formula is C90H180. The van der Waals surface area contributed by atoms with Gasteiger partial charge in [0.2, 0.25) is 0 Å². The Labute approximate surface area is 574 Å². The van der Waals surface area contributed by atoms with Crippen LogP contribution >= 0.6 is 0 Å². The van der Waals surface area contributed by atoms with E-state index in [0.29, 0.717) is 0 Å². The summed E-state index contributed by atoms with van der Waals surface area (Å²) in [5.74, 6) is 1.14. The van der Waals surface area contributed by atoms with Gasteiger partial charge >= 0.3 is 0 Å². The molecule has 0 heterocycles. The molecule has 540 valence electrons. The van der Waals surface area contributed by atoms with Gasteiger partial charge in [0.05, 0.1) is 0 Å². The fraction of sp³-hybridized carbons (Fsp3) is 1.00. The van der Waals surface area contributed by atoms with E-state index in [1.54, 1.807) is 19.3 Å². The number of unbranched alkanes of at least 4 members (excludes halogenated alkanes) is 84. The topological polar surface area (TPSA) is 0 Å². The highest BCUT2D eigenvalue weighted by Crippen LogP contribution is 2.34. The van der Waals surface area contributed by atoms with Crippen LogP contribution in [-0.2, 0) is 0 Å². The lowest BCUT2D eigenvalue weighted by Gasteiger charge is -2.05. The second-order valence-electron chi connectivity index (χ2n) is 31.9. The summed E-state index contributed by atoms with van der Waals surface area (Å²) in [7, 11) is 0. The van der Waals surface area contributed by atoms with Crippen LogP contribution in [0, 0.1) is 5.92 Å². The van der Waals surface area contributed by atoms with Crippen LogP contribution in [0.3, 0.4) is 0 Å². The maximum Gasteiger partial charge on any atom is -0.0414 e. The van der Waals surface area contributed by atoms with Gasteiger partial charge in [-0.1, -0.05) is 572 Å². The minimum Gasteiger partial charge on any atom is -0.0654 e. The Kier molecular flexibility index (Phi) is 81.4. The van der Waals surface area contributed by atoms with Crippen molar-refractivity contribution in [1.82, 2.24) is 0 Å². The Bertz CT molecular complexity index is 1180. The zero-order valence-corrected chi connectivity index (χ0v) is 63.8. The van der Waals surface area contributed by atoms with Crippen molar-refractivity contribution in [1.29, 1.82) is 0 Å². The third-order valence-electron chi connectivity index (χ3n) is 22.4. The van der Waals surface area contributed by atoms with Gasteiger partial charge in [-0.2, -0.15) is 0 Å². The van der Waals surface area contributed by atoms with E-state index in [1.807, 2.05) is 0 Å². The maximum absolute atomic E-state index is 2.32. The van der Waals surface area contributed by atoms with E-state index < -0.39 is 0 Å². The second-order valence-corrected chi connectivity index (χ2v) is 31.9. The van der Waals surface area contributed by atoms with Gasteiger partial charge in [0.15, 0.2) is 0 Å². The van der Waals surface area contributed by atoms with Crippen molar-refractivity contribution in [3.63, 3.8) is 0 Å². The van der Waals surface area contributed by atoms with Crippen molar-refractivity contribution in [3.8, 4) is 0 Å².